The molecule has 25 heavy (non-hydrogen) atoms. The Morgan fingerprint density at radius 3 is 2.72 bits per heavy atom. The quantitative estimate of drug-likeness (QED) is 0.832. The van der Waals surface area contributed by atoms with E-state index in [4.69, 9.17) is 16.3 Å². The van der Waals surface area contributed by atoms with Gasteiger partial charge in [-0.25, -0.2) is 9.18 Å². The molecule has 1 aliphatic carbocycles. The van der Waals surface area contributed by atoms with Crippen LogP contribution in [0.1, 0.15) is 34.8 Å². The van der Waals surface area contributed by atoms with Gasteiger partial charge in [0.2, 0.25) is 0 Å². The van der Waals surface area contributed by atoms with Crippen LogP contribution in [-0.2, 0) is 22.4 Å². The molecule has 4 nitrogen and oxygen atoms in total. The summed E-state index contributed by atoms with van der Waals surface area (Å²) >= 11 is 5.76. The van der Waals surface area contributed by atoms with Gasteiger partial charge in [-0.1, -0.05) is 17.7 Å². The molecule has 2 aromatic carbocycles. The van der Waals surface area contributed by atoms with Crippen LogP contribution in [0, 0.1) is 5.82 Å². The lowest BCUT2D eigenvalue weighted by Crippen LogP contribution is -2.30. The molecule has 1 aliphatic rings. The lowest BCUT2D eigenvalue weighted by molar-refractivity contribution is -0.123. The highest BCUT2D eigenvalue weighted by Crippen LogP contribution is 2.25. The highest BCUT2D eigenvalue weighted by atomic mass is 35.5. The number of esters is 1. The summed E-state index contributed by atoms with van der Waals surface area (Å²) in [5.74, 6) is -2.16. The maximum atomic E-state index is 13.7. The summed E-state index contributed by atoms with van der Waals surface area (Å²) in [6.07, 6.45) is 2.10. The first-order chi connectivity index (χ1) is 11.9. The number of carbonyl (C=O) groups is 2. The predicted molar refractivity (Wildman–Crippen MR) is 93.4 cm³/mol. The van der Waals surface area contributed by atoms with E-state index in [0.29, 0.717) is 5.69 Å². The highest BCUT2D eigenvalue weighted by Gasteiger charge is 2.22. The predicted octanol–water partition coefficient (Wildman–Crippen LogP) is 4.15. The molecular formula is C19H17ClFNO3. The van der Waals surface area contributed by atoms with Crippen LogP contribution >= 0.6 is 11.6 Å². The molecule has 0 aliphatic heterocycles. The van der Waals surface area contributed by atoms with Crippen molar-refractivity contribution in [3.8, 4) is 0 Å². The second kappa shape index (κ2) is 7.23. The van der Waals surface area contributed by atoms with Crippen LogP contribution in [0.15, 0.2) is 36.4 Å². The van der Waals surface area contributed by atoms with Crippen LogP contribution < -0.4 is 5.32 Å². The van der Waals surface area contributed by atoms with Crippen LogP contribution in [0.3, 0.4) is 0 Å². The summed E-state index contributed by atoms with van der Waals surface area (Å²) in [5, 5.41) is 2.93. The first-order valence-electron chi connectivity index (χ1n) is 8.03. The van der Waals surface area contributed by atoms with Gasteiger partial charge in [-0.05, 0) is 67.6 Å². The lowest BCUT2D eigenvalue weighted by Gasteiger charge is -2.14. The average Bonchev–Trinajstić information content (AvgIpc) is 3.04. The van der Waals surface area contributed by atoms with Crippen molar-refractivity contribution in [1.29, 1.82) is 0 Å². The zero-order valence-electron chi connectivity index (χ0n) is 13.6. The Kier molecular flexibility index (Phi) is 5.04. The molecular weight excluding hydrogens is 345 g/mol. The number of benzene rings is 2. The zero-order valence-corrected chi connectivity index (χ0v) is 14.4. The van der Waals surface area contributed by atoms with E-state index in [-0.39, 0.29) is 10.6 Å². The summed E-state index contributed by atoms with van der Waals surface area (Å²) in [6.45, 7) is 1.43. The molecule has 3 rings (SSSR count). The molecule has 1 amide bonds. The summed E-state index contributed by atoms with van der Waals surface area (Å²) in [6, 6.07) is 9.34. The zero-order chi connectivity index (χ0) is 18.0. The maximum Gasteiger partial charge on any atom is 0.341 e. The molecule has 130 valence electrons. The van der Waals surface area contributed by atoms with E-state index in [0.717, 1.165) is 25.3 Å². The third kappa shape index (κ3) is 3.99. The van der Waals surface area contributed by atoms with Crippen LogP contribution in [0.5, 0.6) is 0 Å². The lowest BCUT2D eigenvalue weighted by atomic mass is 10.1. The van der Waals surface area contributed by atoms with Gasteiger partial charge in [0.25, 0.3) is 5.91 Å². The van der Waals surface area contributed by atoms with Gasteiger partial charge < -0.3 is 10.1 Å². The fourth-order valence-electron chi connectivity index (χ4n) is 2.82. The fourth-order valence-corrected chi connectivity index (χ4v) is 3.00. The van der Waals surface area contributed by atoms with Crippen molar-refractivity contribution in [3.05, 3.63) is 63.9 Å². The SMILES string of the molecule is C[C@H](OC(=O)c1cc(Cl)ccc1F)C(=O)Nc1ccc2c(c1)CCC2. The molecule has 6 heteroatoms. The molecule has 0 unspecified atom stereocenters. The Hall–Kier alpha value is -2.40. The van der Waals surface area contributed by atoms with E-state index in [1.54, 1.807) is 0 Å². The Labute approximate surface area is 149 Å². The monoisotopic (exact) mass is 361 g/mol. The van der Waals surface area contributed by atoms with Crippen molar-refractivity contribution in [2.24, 2.45) is 0 Å². The van der Waals surface area contributed by atoms with E-state index in [9.17, 15) is 14.0 Å². The van der Waals surface area contributed by atoms with Gasteiger partial charge in [0.1, 0.15) is 5.82 Å². The Balaban J connectivity index is 1.64. The molecule has 2 aromatic rings. The summed E-state index contributed by atoms with van der Waals surface area (Å²) in [7, 11) is 0. The highest BCUT2D eigenvalue weighted by molar-refractivity contribution is 6.30. The fraction of sp³-hybridized carbons (Fsp3) is 0.263. The van der Waals surface area contributed by atoms with E-state index in [1.165, 1.54) is 30.2 Å². The number of hydrogen-bond donors (Lipinski definition) is 1. The summed E-state index contributed by atoms with van der Waals surface area (Å²) < 4.78 is 18.7. The number of halogens is 2. The van der Waals surface area contributed by atoms with Gasteiger partial charge in [-0.2, -0.15) is 0 Å². The molecule has 0 fully saturated rings. The second-order valence-electron chi connectivity index (χ2n) is 6.00. The number of hydrogen-bond acceptors (Lipinski definition) is 3. The molecule has 0 saturated heterocycles. The molecule has 1 atom stereocenters. The number of ether oxygens (including phenoxy) is 1. The molecule has 0 aromatic heterocycles. The Morgan fingerprint density at radius 2 is 1.92 bits per heavy atom. The minimum Gasteiger partial charge on any atom is -0.449 e. The number of nitrogens with one attached hydrogen (secondary N) is 1. The van der Waals surface area contributed by atoms with Crippen molar-refractivity contribution in [2.75, 3.05) is 5.32 Å². The number of rotatable bonds is 4. The van der Waals surface area contributed by atoms with Crippen molar-refractivity contribution >= 4 is 29.2 Å². The van der Waals surface area contributed by atoms with E-state index in [2.05, 4.69) is 5.32 Å². The third-order valence-electron chi connectivity index (χ3n) is 4.17. The number of carbonyl (C=O) groups excluding carboxylic acids is 2. The van der Waals surface area contributed by atoms with Gasteiger partial charge in [-0.15, -0.1) is 0 Å². The largest absolute Gasteiger partial charge is 0.449 e. The van der Waals surface area contributed by atoms with Crippen LogP contribution in [0.25, 0.3) is 0 Å². The smallest absolute Gasteiger partial charge is 0.341 e. The first-order valence-corrected chi connectivity index (χ1v) is 8.40. The van der Waals surface area contributed by atoms with Crippen LogP contribution in [0.4, 0.5) is 10.1 Å². The Morgan fingerprint density at radius 1 is 1.16 bits per heavy atom. The van der Waals surface area contributed by atoms with Gasteiger partial charge in [0.15, 0.2) is 6.10 Å². The number of anilines is 1. The number of aryl methyl sites for hydroxylation is 2. The van der Waals surface area contributed by atoms with Crippen molar-refractivity contribution < 1.29 is 18.7 Å². The van der Waals surface area contributed by atoms with Crippen molar-refractivity contribution in [1.82, 2.24) is 0 Å². The standard InChI is InChI=1S/C19H17ClFNO3/c1-11(25-19(24)16-10-14(20)6-8-17(16)21)18(23)22-15-7-5-12-3-2-4-13(12)9-15/h5-11H,2-4H2,1H3,(H,22,23)/t11-/m0/s1. The van der Waals surface area contributed by atoms with Gasteiger partial charge in [0.05, 0.1) is 5.56 Å². The Bertz CT molecular complexity index is 837. The molecule has 1 N–H and O–H groups in total. The molecule has 0 bridgehead atoms. The minimum atomic E-state index is -1.07. The van der Waals surface area contributed by atoms with Crippen LogP contribution in [0.2, 0.25) is 5.02 Å². The van der Waals surface area contributed by atoms with Crippen molar-refractivity contribution in [2.45, 2.75) is 32.3 Å². The molecule has 0 saturated carbocycles. The molecule has 0 heterocycles. The normalized spacial score (nSPS) is 13.9. The average molecular weight is 362 g/mol. The number of fused-ring (bicyclic) bond motifs is 1. The van der Waals surface area contributed by atoms with Gasteiger partial charge in [0, 0.05) is 10.7 Å². The molecule has 0 radical (unpaired) electrons. The number of amides is 1. The first kappa shape index (κ1) is 17.4. The van der Waals surface area contributed by atoms with Crippen LogP contribution in [-0.4, -0.2) is 18.0 Å². The minimum absolute atomic E-state index is 0.212. The van der Waals surface area contributed by atoms with E-state index >= 15 is 0 Å². The van der Waals surface area contributed by atoms with Gasteiger partial charge in [-0.3, -0.25) is 4.79 Å². The second-order valence-corrected chi connectivity index (χ2v) is 6.43. The van der Waals surface area contributed by atoms with Gasteiger partial charge >= 0.3 is 5.97 Å². The van der Waals surface area contributed by atoms with E-state index < -0.39 is 23.8 Å². The summed E-state index contributed by atoms with van der Waals surface area (Å²) in [5.41, 5.74) is 2.88. The van der Waals surface area contributed by atoms with Crippen molar-refractivity contribution in [3.63, 3.8) is 0 Å². The third-order valence-corrected chi connectivity index (χ3v) is 4.40. The molecule has 0 spiro atoms. The van der Waals surface area contributed by atoms with E-state index in [1.807, 2.05) is 18.2 Å². The maximum absolute atomic E-state index is 13.7. The summed E-state index contributed by atoms with van der Waals surface area (Å²) in [4.78, 5) is 24.3. The topological polar surface area (TPSA) is 55.4 Å².